The second-order valence-electron chi connectivity index (χ2n) is 4.85. The Labute approximate surface area is 116 Å². The molecule has 1 aliphatic heterocycles. The number of hydrogen-bond acceptors (Lipinski definition) is 4. The smallest absolute Gasteiger partial charge is 0.0745 e. The molecule has 2 unspecified atom stereocenters. The van der Waals surface area contributed by atoms with Crippen LogP contribution in [0.4, 0.5) is 0 Å². The number of hydrogen-bond donors (Lipinski definition) is 2. The second-order valence-corrected chi connectivity index (χ2v) is 5.64. The molecule has 18 heavy (non-hydrogen) atoms. The molecule has 1 aliphatic rings. The molecule has 0 amide bonds. The number of nitrogens with two attached hydrogens (primary N) is 1. The zero-order valence-electron chi connectivity index (χ0n) is 10.9. The van der Waals surface area contributed by atoms with Gasteiger partial charge in [0.1, 0.15) is 0 Å². The number of hydrazine groups is 1. The van der Waals surface area contributed by atoms with Crippen LogP contribution in [-0.4, -0.2) is 28.5 Å². The van der Waals surface area contributed by atoms with E-state index >= 15 is 0 Å². The van der Waals surface area contributed by atoms with Crippen molar-refractivity contribution in [3.8, 4) is 0 Å². The molecule has 2 heterocycles. The van der Waals surface area contributed by atoms with Crippen LogP contribution >= 0.6 is 15.9 Å². The molecule has 2 rings (SSSR count). The third kappa shape index (κ3) is 2.93. The SMILES string of the molecule is Cc1nn(C)c(CC(NN)C2CCCCO2)c1Br. The number of aromatic nitrogens is 2. The van der Waals surface area contributed by atoms with Gasteiger partial charge < -0.3 is 4.74 Å². The molecule has 102 valence electrons. The summed E-state index contributed by atoms with van der Waals surface area (Å²) in [7, 11) is 1.96. The van der Waals surface area contributed by atoms with Gasteiger partial charge in [-0.15, -0.1) is 0 Å². The van der Waals surface area contributed by atoms with Crippen molar-refractivity contribution in [2.45, 2.75) is 44.8 Å². The molecule has 3 N–H and O–H groups in total. The second kappa shape index (κ2) is 6.14. The Morgan fingerprint density at radius 2 is 2.39 bits per heavy atom. The van der Waals surface area contributed by atoms with Crippen LogP contribution in [0.25, 0.3) is 0 Å². The van der Waals surface area contributed by atoms with Crippen molar-refractivity contribution in [2.24, 2.45) is 12.9 Å². The average molecular weight is 317 g/mol. The Kier molecular flexibility index (Phi) is 4.77. The maximum atomic E-state index is 5.80. The van der Waals surface area contributed by atoms with Crippen LogP contribution in [0.3, 0.4) is 0 Å². The summed E-state index contributed by atoms with van der Waals surface area (Å²) >= 11 is 3.59. The zero-order valence-corrected chi connectivity index (χ0v) is 12.5. The largest absolute Gasteiger partial charge is 0.377 e. The Bertz CT molecular complexity index is 401. The molecule has 2 atom stereocenters. The van der Waals surface area contributed by atoms with E-state index in [0.29, 0.717) is 0 Å². The Hall–Kier alpha value is -0.430. The van der Waals surface area contributed by atoms with Gasteiger partial charge in [-0.3, -0.25) is 16.0 Å². The number of rotatable bonds is 4. The minimum atomic E-state index is 0.136. The van der Waals surface area contributed by atoms with Crippen LogP contribution in [0, 0.1) is 6.92 Å². The molecule has 1 saturated heterocycles. The van der Waals surface area contributed by atoms with Gasteiger partial charge in [0.15, 0.2) is 0 Å². The minimum Gasteiger partial charge on any atom is -0.377 e. The molecule has 0 aromatic carbocycles. The van der Waals surface area contributed by atoms with Crippen molar-refractivity contribution in [3.05, 3.63) is 15.9 Å². The van der Waals surface area contributed by atoms with Gasteiger partial charge in [-0.2, -0.15) is 5.10 Å². The van der Waals surface area contributed by atoms with E-state index in [2.05, 4.69) is 26.5 Å². The van der Waals surface area contributed by atoms with Gasteiger partial charge in [0.05, 0.1) is 28.0 Å². The lowest BCUT2D eigenvalue weighted by molar-refractivity contribution is -0.00781. The van der Waals surface area contributed by atoms with E-state index in [1.54, 1.807) is 0 Å². The molecule has 0 aliphatic carbocycles. The van der Waals surface area contributed by atoms with E-state index in [9.17, 15) is 0 Å². The Balaban J connectivity index is 2.09. The molecule has 0 bridgehead atoms. The lowest BCUT2D eigenvalue weighted by Crippen LogP contribution is -2.48. The molecule has 0 spiro atoms. The molecule has 1 aromatic rings. The van der Waals surface area contributed by atoms with Gasteiger partial charge in [0, 0.05) is 20.1 Å². The maximum absolute atomic E-state index is 5.80. The van der Waals surface area contributed by atoms with Crippen molar-refractivity contribution in [2.75, 3.05) is 6.61 Å². The van der Waals surface area contributed by atoms with Gasteiger partial charge >= 0.3 is 0 Å². The van der Waals surface area contributed by atoms with Gasteiger partial charge in [-0.25, -0.2) is 0 Å². The highest BCUT2D eigenvalue weighted by Crippen LogP contribution is 2.24. The average Bonchev–Trinajstić information content (AvgIpc) is 2.62. The van der Waals surface area contributed by atoms with E-state index in [0.717, 1.165) is 41.7 Å². The number of aryl methyl sites for hydroxylation is 2. The lowest BCUT2D eigenvalue weighted by atomic mass is 9.98. The van der Waals surface area contributed by atoms with Gasteiger partial charge in [-0.1, -0.05) is 0 Å². The fourth-order valence-corrected chi connectivity index (χ4v) is 2.99. The van der Waals surface area contributed by atoms with Crippen molar-refractivity contribution >= 4 is 15.9 Å². The number of ether oxygens (including phenoxy) is 1. The fraction of sp³-hybridized carbons (Fsp3) is 0.750. The van der Waals surface area contributed by atoms with Crippen molar-refractivity contribution < 1.29 is 4.74 Å². The van der Waals surface area contributed by atoms with Crippen LogP contribution in [0.2, 0.25) is 0 Å². The molecule has 5 nitrogen and oxygen atoms in total. The topological polar surface area (TPSA) is 65.1 Å². The minimum absolute atomic E-state index is 0.136. The monoisotopic (exact) mass is 316 g/mol. The molecule has 1 fully saturated rings. The molecular weight excluding hydrogens is 296 g/mol. The first-order valence-electron chi connectivity index (χ1n) is 6.39. The molecule has 1 aromatic heterocycles. The Morgan fingerprint density at radius 3 is 2.89 bits per heavy atom. The summed E-state index contributed by atoms with van der Waals surface area (Å²) in [5, 5.41) is 4.40. The van der Waals surface area contributed by atoms with Crippen molar-refractivity contribution in [1.29, 1.82) is 0 Å². The van der Waals surface area contributed by atoms with Crippen LogP contribution in [0.15, 0.2) is 4.47 Å². The molecular formula is C12H21BrN4O. The highest BCUT2D eigenvalue weighted by molar-refractivity contribution is 9.10. The van der Waals surface area contributed by atoms with Crippen LogP contribution < -0.4 is 11.3 Å². The number of halogens is 1. The van der Waals surface area contributed by atoms with E-state index in [1.165, 1.54) is 6.42 Å². The normalized spacial score (nSPS) is 22.1. The summed E-state index contributed by atoms with van der Waals surface area (Å²) in [4.78, 5) is 0. The third-order valence-corrected chi connectivity index (χ3v) is 4.58. The van der Waals surface area contributed by atoms with E-state index in [-0.39, 0.29) is 12.1 Å². The molecule has 6 heteroatoms. The van der Waals surface area contributed by atoms with E-state index < -0.39 is 0 Å². The maximum Gasteiger partial charge on any atom is 0.0745 e. The van der Waals surface area contributed by atoms with Crippen LogP contribution in [0.5, 0.6) is 0 Å². The fourth-order valence-electron chi connectivity index (χ4n) is 2.49. The summed E-state index contributed by atoms with van der Waals surface area (Å²) in [5.74, 6) is 5.68. The van der Waals surface area contributed by atoms with Crippen molar-refractivity contribution in [1.82, 2.24) is 15.2 Å². The summed E-state index contributed by atoms with van der Waals surface area (Å²) in [6, 6.07) is 0.136. The van der Waals surface area contributed by atoms with Gasteiger partial charge in [-0.05, 0) is 42.1 Å². The van der Waals surface area contributed by atoms with E-state index in [1.807, 2.05) is 18.7 Å². The first-order chi connectivity index (χ1) is 8.63. The zero-order chi connectivity index (χ0) is 13.1. The summed E-state index contributed by atoms with van der Waals surface area (Å²) in [6.07, 6.45) is 4.46. The summed E-state index contributed by atoms with van der Waals surface area (Å²) in [5.41, 5.74) is 5.06. The first kappa shape index (κ1) is 14.0. The van der Waals surface area contributed by atoms with E-state index in [4.69, 9.17) is 10.6 Å². The summed E-state index contributed by atoms with van der Waals surface area (Å²) in [6.45, 7) is 2.84. The van der Waals surface area contributed by atoms with Gasteiger partial charge in [0.25, 0.3) is 0 Å². The molecule has 0 radical (unpaired) electrons. The predicted octanol–water partition coefficient (Wildman–Crippen LogP) is 1.43. The number of nitrogens with one attached hydrogen (secondary N) is 1. The third-order valence-electron chi connectivity index (χ3n) is 3.55. The molecule has 0 saturated carbocycles. The number of nitrogens with zero attached hydrogens (tertiary/aromatic N) is 2. The predicted molar refractivity (Wildman–Crippen MR) is 74.1 cm³/mol. The van der Waals surface area contributed by atoms with Crippen LogP contribution in [-0.2, 0) is 18.2 Å². The highest BCUT2D eigenvalue weighted by Gasteiger charge is 2.26. The van der Waals surface area contributed by atoms with Crippen molar-refractivity contribution in [3.63, 3.8) is 0 Å². The first-order valence-corrected chi connectivity index (χ1v) is 7.18. The summed E-state index contributed by atoms with van der Waals surface area (Å²) < 4.78 is 8.78. The quantitative estimate of drug-likeness (QED) is 0.651. The highest BCUT2D eigenvalue weighted by atomic mass is 79.9. The van der Waals surface area contributed by atoms with Gasteiger partial charge in [0.2, 0.25) is 0 Å². The lowest BCUT2D eigenvalue weighted by Gasteiger charge is -2.30. The Morgan fingerprint density at radius 1 is 1.61 bits per heavy atom. The standard InChI is InChI=1S/C12H21BrN4O/c1-8-12(13)10(17(2)16-8)7-9(15-14)11-5-3-4-6-18-11/h9,11,15H,3-7,14H2,1-2H3. The van der Waals surface area contributed by atoms with Crippen LogP contribution in [0.1, 0.15) is 30.7 Å².